The van der Waals surface area contributed by atoms with E-state index >= 15 is 0 Å². The van der Waals surface area contributed by atoms with E-state index in [1.165, 1.54) is 5.56 Å². The highest BCUT2D eigenvalue weighted by molar-refractivity contribution is 5.79. The molecule has 0 amide bonds. The molecule has 1 aromatic heterocycles. The molecule has 0 aliphatic rings. The summed E-state index contributed by atoms with van der Waals surface area (Å²) in [7, 11) is 3.31. The fourth-order valence-corrected chi connectivity index (χ4v) is 2.86. The molecular weight excluding hydrogens is 392 g/mol. The Morgan fingerprint density at radius 1 is 1.13 bits per heavy atom. The number of aryl methyl sites for hydroxylation is 1. The maximum atomic E-state index is 5.60. The van der Waals surface area contributed by atoms with E-state index in [0.29, 0.717) is 36.4 Å². The van der Waals surface area contributed by atoms with Crippen LogP contribution in [0.5, 0.6) is 11.5 Å². The Balaban J connectivity index is 1.56. The second-order valence-corrected chi connectivity index (χ2v) is 6.77. The van der Waals surface area contributed by atoms with E-state index < -0.39 is 0 Å². The Hall–Kier alpha value is -3.92. The lowest BCUT2D eigenvalue weighted by Gasteiger charge is -2.13. The molecule has 0 saturated carbocycles. The van der Waals surface area contributed by atoms with E-state index in [9.17, 15) is 0 Å². The van der Waals surface area contributed by atoms with Gasteiger partial charge in [-0.1, -0.05) is 29.7 Å². The van der Waals surface area contributed by atoms with Crippen molar-refractivity contribution in [1.29, 1.82) is 0 Å². The predicted molar refractivity (Wildman–Crippen MR) is 121 cm³/mol. The van der Waals surface area contributed by atoms with Crippen LogP contribution in [0, 0.1) is 19.3 Å². The number of nitrogens with one attached hydrogen (secondary N) is 2. The number of hydrogen-bond acceptors (Lipinski definition) is 5. The summed E-state index contributed by atoms with van der Waals surface area (Å²) in [5.41, 5.74) is 3.92. The minimum atomic E-state index is 0.179. The third-order valence-electron chi connectivity index (χ3n) is 4.51. The SMILES string of the molecule is C#CCOc1cc(CNC(=NC)NCc2coc(-c3ccc(C)cc3)n2)ccc1OC. The smallest absolute Gasteiger partial charge is 0.226 e. The number of ether oxygens (including phenoxy) is 2. The Morgan fingerprint density at radius 2 is 1.90 bits per heavy atom. The average Bonchev–Trinajstić information content (AvgIpc) is 3.27. The lowest BCUT2D eigenvalue weighted by molar-refractivity contribution is 0.330. The summed E-state index contributed by atoms with van der Waals surface area (Å²) < 4.78 is 16.5. The third-order valence-corrected chi connectivity index (χ3v) is 4.51. The highest BCUT2D eigenvalue weighted by atomic mass is 16.5. The van der Waals surface area contributed by atoms with Crippen molar-refractivity contribution in [3.63, 3.8) is 0 Å². The fourth-order valence-electron chi connectivity index (χ4n) is 2.86. The molecule has 3 rings (SSSR count). The van der Waals surface area contributed by atoms with Crippen molar-refractivity contribution in [2.24, 2.45) is 4.99 Å². The van der Waals surface area contributed by atoms with Crippen LogP contribution in [0.4, 0.5) is 0 Å². The van der Waals surface area contributed by atoms with Crippen molar-refractivity contribution < 1.29 is 13.9 Å². The first kappa shape index (κ1) is 21.8. The zero-order chi connectivity index (χ0) is 22.1. The largest absolute Gasteiger partial charge is 0.493 e. The highest BCUT2D eigenvalue weighted by Gasteiger charge is 2.09. The van der Waals surface area contributed by atoms with Crippen LogP contribution in [0.25, 0.3) is 11.5 Å². The first-order valence-corrected chi connectivity index (χ1v) is 9.82. The van der Waals surface area contributed by atoms with Crippen LogP contribution in [0.1, 0.15) is 16.8 Å². The van der Waals surface area contributed by atoms with E-state index in [0.717, 1.165) is 16.8 Å². The van der Waals surface area contributed by atoms with Crippen molar-refractivity contribution in [1.82, 2.24) is 15.6 Å². The summed E-state index contributed by atoms with van der Waals surface area (Å²) in [4.78, 5) is 8.79. The topological polar surface area (TPSA) is 80.9 Å². The Morgan fingerprint density at radius 3 is 2.61 bits per heavy atom. The van der Waals surface area contributed by atoms with Crippen LogP contribution in [-0.4, -0.2) is 31.7 Å². The molecular formula is C24H26N4O3. The molecule has 2 N–H and O–H groups in total. The van der Waals surface area contributed by atoms with E-state index in [-0.39, 0.29) is 6.61 Å². The van der Waals surface area contributed by atoms with Gasteiger partial charge < -0.3 is 24.5 Å². The summed E-state index contributed by atoms with van der Waals surface area (Å²) in [6, 6.07) is 13.7. The molecule has 0 unspecified atom stereocenters. The predicted octanol–water partition coefficient (Wildman–Crippen LogP) is 3.54. The van der Waals surface area contributed by atoms with Gasteiger partial charge >= 0.3 is 0 Å². The van der Waals surface area contributed by atoms with Gasteiger partial charge in [-0.25, -0.2) is 4.98 Å². The maximum absolute atomic E-state index is 5.60. The Labute approximate surface area is 182 Å². The number of nitrogens with zero attached hydrogens (tertiary/aromatic N) is 2. The molecule has 1 heterocycles. The molecule has 3 aromatic rings. The van der Waals surface area contributed by atoms with Gasteiger partial charge in [-0.05, 0) is 36.8 Å². The molecule has 2 aromatic carbocycles. The van der Waals surface area contributed by atoms with Gasteiger partial charge in [0.2, 0.25) is 5.89 Å². The third kappa shape index (κ3) is 6.03. The number of hydrogen-bond donors (Lipinski definition) is 2. The van der Waals surface area contributed by atoms with Gasteiger partial charge in [-0.3, -0.25) is 4.99 Å². The molecule has 0 atom stereocenters. The van der Waals surface area contributed by atoms with Crippen LogP contribution in [0.2, 0.25) is 0 Å². The molecule has 0 spiro atoms. The van der Waals surface area contributed by atoms with Crippen LogP contribution in [0.15, 0.2) is 58.1 Å². The van der Waals surface area contributed by atoms with Crippen LogP contribution in [0.3, 0.4) is 0 Å². The van der Waals surface area contributed by atoms with Gasteiger partial charge in [-0.15, -0.1) is 6.42 Å². The Kier molecular flexibility index (Phi) is 7.55. The molecule has 7 heteroatoms. The lowest BCUT2D eigenvalue weighted by Crippen LogP contribution is -2.36. The van der Waals surface area contributed by atoms with Gasteiger partial charge in [0.25, 0.3) is 0 Å². The minimum absolute atomic E-state index is 0.179. The maximum Gasteiger partial charge on any atom is 0.226 e. The van der Waals surface area contributed by atoms with Crippen molar-refractivity contribution in [2.75, 3.05) is 20.8 Å². The Bertz CT molecular complexity index is 1070. The summed E-state index contributed by atoms with van der Waals surface area (Å²) in [6.45, 7) is 3.25. The monoisotopic (exact) mass is 418 g/mol. The molecule has 0 fully saturated rings. The number of terminal acetylenes is 1. The second-order valence-electron chi connectivity index (χ2n) is 6.77. The van der Waals surface area contributed by atoms with Crippen molar-refractivity contribution in [3.8, 4) is 35.3 Å². The summed E-state index contributed by atoms with van der Waals surface area (Å²) in [6.07, 6.45) is 6.93. The average molecular weight is 418 g/mol. The van der Waals surface area contributed by atoms with E-state index in [1.807, 2.05) is 49.4 Å². The van der Waals surface area contributed by atoms with Gasteiger partial charge in [0.1, 0.15) is 12.9 Å². The van der Waals surface area contributed by atoms with Gasteiger partial charge in [-0.2, -0.15) is 0 Å². The van der Waals surface area contributed by atoms with Gasteiger partial charge in [0.05, 0.1) is 19.3 Å². The molecule has 0 aliphatic heterocycles. The van der Waals surface area contributed by atoms with Gasteiger partial charge in [0.15, 0.2) is 17.5 Å². The van der Waals surface area contributed by atoms with E-state index in [1.54, 1.807) is 20.4 Å². The number of guanidine groups is 1. The normalized spacial score (nSPS) is 11.0. The minimum Gasteiger partial charge on any atom is -0.493 e. The molecule has 0 aliphatic carbocycles. The first-order chi connectivity index (χ1) is 15.1. The molecule has 7 nitrogen and oxygen atoms in total. The summed E-state index contributed by atoms with van der Waals surface area (Å²) >= 11 is 0. The van der Waals surface area contributed by atoms with Crippen molar-refractivity contribution >= 4 is 5.96 Å². The second kappa shape index (κ2) is 10.7. The number of methoxy groups -OCH3 is 1. The summed E-state index contributed by atoms with van der Waals surface area (Å²) in [5, 5.41) is 6.50. The quantitative estimate of drug-likeness (QED) is 0.331. The number of rotatable bonds is 8. The van der Waals surface area contributed by atoms with Crippen LogP contribution >= 0.6 is 0 Å². The molecule has 0 bridgehead atoms. The first-order valence-electron chi connectivity index (χ1n) is 9.82. The number of oxazole rings is 1. The van der Waals surface area contributed by atoms with E-state index in [2.05, 4.69) is 26.5 Å². The van der Waals surface area contributed by atoms with Crippen molar-refractivity contribution in [3.05, 3.63) is 65.5 Å². The number of benzene rings is 2. The summed E-state index contributed by atoms with van der Waals surface area (Å²) in [5.74, 6) is 4.93. The fraction of sp³-hybridized carbons (Fsp3) is 0.250. The number of aromatic nitrogens is 1. The highest BCUT2D eigenvalue weighted by Crippen LogP contribution is 2.28. The van der Waals surface area contributed by atoms with E-state index in [4.69, 9.17) is 20.3 Å². The zero-order valence-electron chi connectivity index (χ0n) is 17.9. The lowest BCUT2D eigenvalue weighted by atomic mass is 10.1. The molecule has 160 valence electrons. The standard InChI is InChI=1S/C24H26N4O3/c1-5-12-30-22-13-18(8-11-21(22)29-4)14-26-24(25-3)27-15-20-16-31-23(28-20)19-9-6-17(2)7-10-19/h1,6-11,13,16H,12,14-15H2,2-4H3,(H2,25,26,27). The molecule has 31 heavy (non-hydrogen) atoms. The molecule has 0 saturated heterocycles. The van der Waals surface area contributed by atoms with Crippen LogP contribution < -0.4 is 20.1 Å². The zero-order valence-corrected chi connectivity index (χ0v) is 17.9. The van der Waals surface area contributed by atoms with Crippen LogP contribution in [-0.2, 0) is 13.1 Å². The van der Waals surface area contributed by atoms with Gasteiger partial charge in [0, 0.05) is 19.2 Å². The molecule has 0 radical (unpaired) electrons. The number of aliphatic imine (C=N–C) groups is 1. The van der Waals surface area contributed by atoms with Crippen molar-refractivity contribution in [2.45, 2.75) is 20.0 Å².